The van der Waals surface area contributed by atoms with Gasteiger partial charge in [-0.1, -0.05) is 26.0 Å². The summed E-state index contributed by atoms with van der Waals surface area (Å²) in [6.07, 6.45) is 1.39. The fourth-order valence-corrected chi connectivity index (χ4v) is 2.58. The second kappa shape index (κ2) is 9.69. The second-order valence-electron chi connectivity index (χ2n) is 7.16. The number of ether oxygens (including phenoxy) is 1. The molecule has 8 heteroatoms. The van der Waals surface area contributed by atoms with E-state index in [1.54, 1.807) is 36.4 Å². The summed E-state index contributed by atoms with van der Waals surface area (Å²) in [6.45, 7) is 4.78. The van der Waals surface area contributed by atoms with Gasteiger partial charge in [0.25, 0.3) is 0 Å². The van der Waals surface area contributed by atoms with E-state index in [1.807, 2.05) is 13.8 Å². The van der Waals surface area contributed by atoms with E-state index in [0.29, 0.717) is 41.7 Å². The molecule has 0 spiro atoms. The van der Waals surface area contributed by atoms with Gasteiger partial charge in [0.1, 0.15) is 17.8 Å². The number of hydrogen-bond acceptors (Lipinski definition) is 7. The van der Waals surface area contributed by atoms with Gasteiger partial charge in [-0.15, -0.1) is 0 Å². The van der Waals surface area contributed by atoms with Gasteiger partial charge in [-0.3, -0.25) is 0 Å². The number of rotatable bonds is 8. The van der Waals surface area contributed by atoms with Gasteiger partial charge in [0.2, 0.25) is 0 Å². The van der Waals surface area contributed by atoms with Crippen molar-refractivity contribution in [1.82, 2.24) is 9.97 Å². The van der Waals surface area contributed by atoms with Crippen molar-refractivity contribution < 1.29 is 13.9 Å². The zero-order valence-corrected chi connectivity index (χ0v) is 16.9. The molecule has 3 aromatic rings. The summed E-state index contributed by atoms with van der Waals surface area (Å²) in [6, 6.07) is 13.0. The highest BCUT2D eigenvalue weighted by Crippen LogP contribution is 2.26. The molecule has 0 amide bonds. The maximum absolute atomic E-state index is 13.0. The van der Waals surface area contributed by atoms with E-state index in [0.717, 1.165) is 5.56 Å². The van der Waals surface area contributed by atoms with E-state index in [-0.39, 0.29) is 17.7 Å². The number of carbonyl (C=O) groups is 1. The number of nitrogens with one attached hydrogen (secondary N) is 2. The molecule has 0 atom stereocenters. The first-order chi connectivity index (χ1) is 14.4. The highest BCUT2D eigenvalue weighted by Gasteiger charge is 2.11. The predicted molar refractivity (Wildman–Crippen MR) is 115 cm³/mol. The van der Waals surface area contributed by atoms with Crippen LogP contribution in [0.3, 0.4) is 0 Å². The quantitative estimate of drug-likeness (QED) is 0.475. The minimum atomic E-state index is -0.357. The number of aromatic nitrogens is 2. The van der Waals surface area contributed by atoms with Crippen LogP contribution in [0.4, 0.5) is 27.4 Å². The molecule has 156 valence electrons. The number of anilines is 4. The molecule has 2 aromatic carbocycles. The van der Waals surface area contributed by atoms with Gasteiger partial charge in [0, 0.05) is 12.2 Å². The Bertz CT molecular complexity index is 991. The Labute approximate surface area is 174 Å². The van der Waals surface area contributed by atoms with Crippen molar-refractivity contribution >= 4 is 29.0 Å². The first-order valence-corrected chi connectivity index (χ1v) is 9.55. The zero-order chi connectivity index (χ0) is 21.5. The Hall–Kier alpha value is -3.68. The lowest BCUT2D eigenvalue weighted by molar-refractivity contribution is 0.0459. The van der Waals surface area contributed by atoms with Gasteiger partial charge in [0.05, 0.1) is 12.2 Å². The average Bonchev–Trinajstić information content (AvgIpc) is 2.74. The van der Waals surface area contributed by atoms with Crippen molar-refractivity contribution in [1.29, 1.82) is 0 Å². The van der Waals surface area contributed by atoms with Crippen molar-refractivity contribution in [2.45, 2.75) is 20.4 Å². The van der Waals surface area contributed by atoms with Crippen LogP contribution in [-0.4, -0.2) is 22.5 Å². The second-order valence-corrected chi connectivity index (χ2v) is 7.16. The Kier molecular flexibility index (Phi) is 6.79. The maximum Gasteiger partial charge on any atom is 0.338 e. The highest BCUT2D eigenvalue weighted by atomic mass is 19.1. The summed E-state index contributed by atoms with van der Waals surface area (Å²) < 4.78 is 18.2. The average molecular weight is 409 g/mol. The van der Waals surface area contributed by atoms with Crippen molar-refractivity contribution in [3.8, 4) is 0 Å². The van der Waals surface area contributed by atoms with Crippen molar-refractivity contribution in [2.75, 3.05) is 23.0 Å². The van der Waals surface area contributed by atoms with Crippen LogP contribution in [-0.2, 0) is 11.3 Å². The summed E-state index contributed by atoms with van der Waals surface area (Å²) in [5.41, 5.74) is 8.61. The third-order valence-corrected chi connectivity index (χ3v) is 4.19. The molecule has 30 heavy (non-hydrogen) atoms. The summed E-state index contributed by atoms with van der Waals surface area (Å²) in [4.78, 5) is 20.4. The standard InChI is InChI=1S/C22H24FN5O2/c1-14(2)12-30-22(29)16-5-9-18(10-6-16)28-21-19(24)20(26-13-27-21)25-11-15-3-7-17(23)8-4-15/h3-10,13-14H,11-12,24H2,1-2H3,(H2,25,26,27,28). The first-order valence-electron chi connectivity index (χ1n) is 9.55. The van der Waals surface area contributed by atoms with E-state index in [1.165, 1.54) is 18.5 Å². The molecule has 0 aliphatic rings. The van der Waals surface area contributed by atoms with Gasteiger partial charge in [-0.2, -0.15) is 0 Å². The Morgan fingerprint density at radius 3 is 2.40 bits per heavy atom. The topological polar surface area (TPSA) is 102 Å². The molecule has 0 bridgehead atoms. The lowest BCUT2D eigenvalue weighted by Crippen LogP contribution is -2.10. The van der Waals surface area contributed by atoms with Crippen LogP contribution < -0.4 is 16.4 Å². The van der Waals surface area contributed by atoms with E-state index < -0.39 is 0 Å². The molecule has 1 aromatic heterocycles. The normalized spacial score (nSPS) is 10.7. The molecule has 1 heterocycles. The predicted octanol–water partition coefficient (Wildman–Crippen LogP) is 4.37. The smallest absolute Gasteiger partial charge is 0.338 e. The minimum Gasteiger partial charge on any atom is -0.462 e. The van der Waals surface area contributed by atoms with Crippen molar-refractivity contribution in [3.05, 3.63) is 71.8 Å². The molecule has 0 saturated heterocycles. The maximum atomic E-state index is 13.0. The Morgan fingerprint density at radius 2 is 1.73 bits per heavy atom. The molecular formula is C22H24FN5O2. The lowest BCUT2D eigenvalue weighted by Gasteiger charge is -2.13. The summed E-state index contributed by atoms with van der Waals surface area (Å²) in [5.74, 6) is 0.531. The van der Waals surface area contributed by atoms with Gasteiger partial charge in [0.15, 0.2) is 11.6 Å². The van der Waals surface area contributed by atoms with Gasteiger partial charge >= 0.3 is 5.97 Å². The van der Waals surface area contributed by atoms with Crippen LogP contribution >= 0.6 is 0 Å². The largest absolute Gasteiger partial charge is 0.462 e. The van der Waals surface area contributed by atoms with Crippen LogP contribution in [0.25, 0.3) is 0 Å². The molecule has 3 rings (SSSR count). The first kappa shape index (κ1) is 21.0. The molecular weight excluding hydrogens is 385 g/mol. The van der Waals surface area contributed by atoms with Crippen LogP contribution in [0.1, 0.15) is 29.8 Å². The summed E-state index contributed by atoms with van der Waals surface area (Å²) in [5, 5.41) is 6.24. The molecule has 0 radical (unpaired) electrons. The minimum absolute atomic E-state index is 0.279. The number of nitrogen functional groups attached to an aromatic ring is 1. The zero-order valence-electron chi connectivity index (χ0n) is 16.9. The number of halogens is 1. The van der Waals surface area contributed by atoms with E-state index in [4.69, 9.17) is 10.5 Å². The van der Waals surface area contributed by atoms with Gasteiger partial charge < -0.3 is 21.1 Å². The van der Waals surface area contributed by atoms with E-state index in [9.17, 15) is 9.18 Å². The number of benzene rings is 2. The number of nitrogens with zero attached hydrogens (tertiary/aromatic N) is 2. The number of nitrogens with two attached hydrogens (primary N) is 1. The van der Waals surface area contributed by atoms with E-state index >= 15 is 0 Å². The SMILES string of the molecule is CC(C)COC(=O)c1ccc(Nc2ncnc(NCc3ccc(F)cc3)c2N)cc1. The number of esters is 1. The van der Waals surface area contributed by atoms with Crippen LogP contribution in [0.5, 0.6) is 0 Å². The lowest BCUT2D eigenvalue weighted by atomic mass is 10.2. The van der Waals surface area contributed by atoms with E-state index in [2.05, 4.69) is 20.6 Å². The summed E-state index contributed by atoms with van der Waals surface area (Å²) >= 11 is 0. The Balaban J connectivity index is 1.64. The molecule has 0 aliphatic heterocycles. The summed E-state index contributed by atoms with van der Waals surface area (Å²) in [7, 11) is 0. The van der Waals surface area contributed by atoms with Crippen LogP contribution in [0.15, 0.2) is 54.9 Å². The number of carbonyl (C=O) groups excluding carboxylic acids is 1. The fraction of sp³-hybridized carbons (Fsp3) is 0.227. The van der Waals surface area contributed by atoms with Crippen molar-refractivity contribution in [2.24, 2.45) is 5.92 Å². The molecule has 4 N–H and O–H groups in total. The monoisotopic (exact) mass is 409 g/mol. The molecule has 7 nitrogen and oxygen atoms in total. The highest BCUT2D eigenvalue weighted by molar-refractivity contribution is 5.90. The van der Waals surface area contributed by atoms with Gasteiger partial charge in [-0.05, 0) is 47.9 Å². The fourth-order valence-electron chi connectivity index (χ4n) is 2.58. The molecule has 0 unspecified atom stereocenters. The van der Waals surface area contributed by atoms with Crippen molar-refractivity contribution in [3.63, 3.8) is 0 Å². The molecule has 0 saturated carbocycles. The number of hydrogen-bond donors (Lipinski definition) is 3. The molecule has 0 aliphatic carbocycles. The van der Waals surface area contributed by atoms with Crippen LogP contribution in [0.2, 0.25) is 0 Å². The Morgan fingerprint density at radius 1 is 1.07 bits per heavy atom. The third-order valence-electron chi connectivity index (χ3n) is 4.19. The molecule has 0 fully saturated rings. The van der Waals surface area contributed by atoms with Gasteiger partial charge in [-0.25, -0.2) is 19.2 Å². The third kappa shape index (κ3) is 5.66. The van der Waals surface area contributed by atoms with Crippen LogP contribution in [0, 0.1) is 11.7 Å².